The van der Waals surface area contributed by atoms with Gasteiger partial charge in [-0.2, -0.15) is 0 Å². The number of anilines is 1. The number of rotatable bonds is 1. The van der Waals surface area contributed by atoms with Crippen LogP contribution >= 0.6 is 15.9 Å². The van der Waals surface area contributed by atoms with Crippen molar-refractivity contribution in [2.24, 2.45) is 5.41 Å². The Morgan fingerprint density at radius 2 is 1.88 bits per heavy atom. The van der Waals surface area contributed by atoms with Crippen LogP contribution in [0.2, 0.25) is 0 Å². The molecule has 1 heterocycles. The predicted molar refractivity (Wildman–Crippen MR) is 65.0 cm³/mol. The maximum absolute atomic E-state index is 12.1. The van der Waals surface area contributed by atoms with E-state index in [0.29, 0.717) is 5.69 Å². The molecule has 4 heteroatoms. The first-order valence-corrected chi connectivity index (χ1v) is 5.85. The van der Waals surface area contributed by atoms with Gasteiger partial charge in [0, 0.05) is 10.9 Å². The summed E-state index contributed by atoms with van der Waals surface area (Å²) in [6.45, 7) is 3.59. The van der Waals surface area contributed by atoms with E-state index in [1.54, 1.807) is 19.9 Å². The summed E-state index contributed by atoms with van der Waals surface area (Å²) >= 11 is 3.35. The molecular weight excluding hydrogens is 270 g/mol. The molecule has 3 nitrogen and oxygen atoms in total. The van der Waals surface area contributed by atoms with Gasteiger partial charge in [0.25, 0.3) is 0 Å². The lowest BCUT2D eigenvalue weighted by molar-refractivity contribution is -0.124. The second kappa shape index (κ2) is 3.70. The zero-order chi connectivity index (χ0) is 11.9. The summed E-state index contributed by atoms with van der Waals surface area (Å²) in [6.07, 6.45) is 0.271. The first-order valence-electron chi connectivity index (χ1n) is 5.05. The van der Waals surface area contributed by atoms with E-state index in [1.165, 1.54) is 4.90 Å². The number of amides is 2. The number of carbonyl (C=O) groups is 2. The average Bonchev–Trinajstić information content (AvgIpc) is 2.39. The van der Waals surface area contributed by atoms with Crippen LogP contribution in [0.25, 0.3) is 0 Å². The number of halogens is 1. The quantitative estimate of drug-likeness (QED) is 0.743. The van der Waals surface area contributed by atoms with Crippen LogP contribution in [0, 0.1) is 5.41 Å². The Bertz CT molecular complexity index is 468. The Morgan fingerprint density at radius 3 is 2.38 bits per heavy atom. The van der Waals surface area contributed by atoms with Crippen LogP contribution in [0.1, 0.15) is 20.3 Å². The minimum Gasteiger partial charge on any atom is -0.274 e. The van der Waals surface area contributed by atoms with Gasteiger partial charge in [-0.1, -0.05) is 26.0 Å². The van der Waals surface area contributed by atoms with Crippen molar-refractivity contribution in [1.82, 2.24) is 0 Å². The van der Waals surface area contributed by atoms with E-state index in [2.05, 4.69) is 15.9 Å². The lowest BCUT2D eigenvalue weighted by Gasteiger charge is -2.18. The summed E-state index contributed by atoms with van der Waals surface area (Å²) < 4.78 is 0.759. The maximum Gasteiger partial charge on any atom is 0.239 e. The molecule has 1 saturated heterocycles. The molecule has 1 aromatic carbocycles. The largest absolute Gasteiger partial charge is 0.274 e. The molecule has 0 bridgehead atoms. The van der Waals surface area contributed by atoms with E-state index in [1.807, 2.05) is 18.2 Å². The first kappa shape index (κ1) is 11.3. The Morgan fingerprint density at radius 1 is 1.25 bits per heavy atom. The summed E-state index contributed by atoms with van der Waals surface area (Å²) in [6, 6.07) is 7.25. The van der Waals surface area contributed by atoms with Crippen molar-refractivity contribution in [2.75, 3.05) is 4.90 Å². The van der Waals surface area contributed by atoms with Gasteiger partial charge in [0.05, 0.1) is 11.1 Å². The van der Waals surface area contributed by atoms with Crippen molar-refractivity contribution in [3.63, 3.8) is 0 Å². The normalized spacial score (nSPS) is 19.3. The number of carbonyl (C=O) groups excluding carboxylic acids is 2. The molecule has 0 N–H and O–H groups in total. The number of imide groups is 1. The topological polar surface area (TPSA) is 37.4 Å². The summed E-state index contributed by atoms with van der Waals surface area (Å²) in [5, 5.41) is 0. The highest BCUT2D eigenvalue weighted by molar-refractivity contribution is 9.10. The van der Waals surface area contributed by atoms with E-state index < -0.39 is 5.41 Å². The Labute approximate surface area is 103 Å². The molecule has 0 saturated carbocycles. The third kappa shape index (κ3) is 1.67. The molecule has 0 aliphatic carbocycles. The number of benzene rings is 1. The molecule has 84 valence electrons. The molecule has 0 unspecified atom stereocenters. The molecule has 16 heavy (non-hydrogen) atoms. The fourth-order valence-corrected chi connectivity index (χ4v) is 2.29. The Kier molecular flexibility index (Phi) is 2.62. The highest BCUT2D eigenvalue weighted by Gasteiger charge is 2.45. The summed E-state index contributed by atoms with van der Waals surface area (Å²) in [4.78, 5) is 25.2. The molecule has 1 fully saturated rings. The Balaban J connectivity index is 2.47. The monoisotopic (exact) mass is 281 g/mol. The van der Waals surface area contributed by atoms with E-state index in [4.69, 9.17) is 0 Å². The van der Waals surface area contributed by atoms with Crippen LogP contribution in [0.4, 0.5) is 5.69 Å². The van der Waals surface area contributed by atoms with Crippen molar-refractivity contribution in [3.8, 4) is 0 Å². The van der Waals surface area contributed by atoms with Crippen molar-refractivity contribution < 1.29 is 9.59 Å². The van der Waals surface area contributed by atoms with Gasteiger partial charge in [-0.3, -0.25) is 9.59 Å². The van der Waals surface area contributed by atoms with Gasteiger partial charge >= 0.3 is 0 Å². The van der Waals surface area contributed by atoms with Gasteiger partial charge < -0.3 is 0 Å². The van der Waals surface area contributed by atoms with Gasteiger partial charge in [-0.05, 0) is 28.1 Å². The average molecular weight is 282 g/mol. The molecule has 2 rings (SSSR count). The minimum atomic E-state index is -0.591. The summed E-state index contributed by atoms with van der Waals surface area (Å²) in [5.74, 6) is -0.272. The van der Waals surface area contributed by atoms with Crippen molar-refractivity contribution in [2.45, 2.75) is 20.3 Å². The zero-order valence-electron chi connectivity index (χ0n) is 9.16. The molecule has 1 aromatic rings. The summed E-state index contributed by atoms with van der Waals surface area (Å²) in [5.41, 5.74) is 0.0369. The second-order valence-electron chi connectivity index (χ2n) is 4.55. The number of para-hydroxylation sites is 1. The van der Waals surface area contributed by atoms with Gasteiger partial charge in [-0.15, -0.1) is 0 Å². The molecule has 0 spiro atoms. The van der Waals surface area contributed by atoms with Gasteiger partial charge in [0.15, 0.2) is 0 Å². The standard InChI is InChI=1S/C12H12BrNO2/c1-12(2)7-10(15)14(11(12)16)9-6-4-3-5-8(9)13/h3-6H,7H2,1-2H3. The molecule has 2 amide bonds. The smallest absolute Gasteiger partial charge is 0.239 e. The van der Waals surface area contributed by atoms with E-state index >= 15 is 0 Å². The number of hydrogen-bond donors (Lipinski definition) is 0. The SMILES string of the molecule is CC1(C)CC(=O)N(c2ccccc2Br)C1=O. The van der Waals surface area contributed by atoms with Crippen molar-refractivity contribution in [3.05, 3.63) is 28.7 Å². The van der Waals surface area contributed by atoms with Crippen molar-refractivity contribution >= 4 is 33.4 Å². The summed E-state index contributed by atoms with van der Waals surface area (Å²) in [7, 11) is 0. The lowest BCUT2D eigenvalue weighted by atomic mass is 9.92. The van der Waals surface area contributed by atoms with Crippen LogP contribution < -0.4 is 4.90 Å². The third-order valence-corrected chi connectivity index (χ3v) is 3.39. The fourth-order valence-electron chi connectivity index (χ4n) is 1.83. The van der Waals surface area contributed by atoms with Crippen LogP contribution in [-0.4, -0.2) is 11.8 Å². The molecule has 0 aromatic heterocycles. The minimum absolute atomic E-state index is 0.135. The molecule has 0 radical (unpaired) electrons. The van der Waals surface area contributed by atoms with Crippen LogP contribution in [0.15, 0.2) is 28.7 Å². The number of hydrogen-bond acceptors (Lipinski definition) is 2. The highest BCUT2D eigenvalue weighted by atomic mass is 79.9. The Hall–Kier alpha value is -1.16. The second-order valence-corrected chi connectivity index (χ2v) is 5.40. The molecule has 1 aliphatic rings. The fraction of sp³-hybridized carbons (Fsp3) is 0.333. The van der Waals surface area contributed by atoms with Crippen LogP contribution in [0.3, 0.4) is 0 Å². The van der Waals surface area contributed by atoms with Gasteiger partial charge in [0.2, 0.25) is 11.8 Å². The maximum atomic E-state index is 12.1. The van der Waals surface area contributed by atoms with Crippen LogP contribution in [-0.2, 0) is 9.59 Å². The van der Waals surface area contributed by atoms with Gasteiger partial charge in [-0.25, -0.2) is 4.90 Å². The molecular formula is C12H12BrNO2. The highest BCUT2D eigenvalue weighted by Crippen LogP contribution is 2.37. The van der Waals surface area contributed by atoms with E-state index in [9.17, 15) is 9.59 Å². The number of nitrogens with zero attached hydrogens (tertiary/aromatic N) is 1. The predicted octanol–water partition coefficient (Wildman–Crippen LogP) is 2.74. The molecule has 1 aliphatic heterocycles. The van der Waals surface area contributed by atoms with Crippen LogP contribution in [0.5, 0.6) is 0 Å². The van der Waals surface area contributed by atoms with E-state index in [0.717, 1.165) is 4.47 Å². The lowest BCUT2D eigenvalue weighted by Crippen LogP contribution is -2.33. The van der Waals surface area contributed by atoms with Gasteiger partial charge in [0.1, 0.15) is 0 Å². The van der Waals surface area contributed by atoms with Crippen molar-refractivity contribution in [1.29, 1.82) is 0 Å². The first-order chi connectivity index (χ1) is 7.43. The van der Waals surface area contributed by atoms with E-state index in [-0.39, 0.29) is 18.2 Å². The third-order valence-electron chi connectivity index (χ3n) is 2.72. The molecule has 0 atom stereocenters. The zero-order valence-corrected chi connectivity index (χ0v) is 10.7.